The van der Waals surface area contributed by atoms with Gasteiger partial charge in [0.1, 0.15) is 18.0 Å². The minimum absolute atomic E-state index is 0.0856. The van der Waals surface area contributed by atoms with Crippen LogP contribution in [0.1, 0.15) is 12.1 Å². The monoisotopic (exact) mass is 388 g/mol. The van der Waals surface area contributed by atoms with E-state index in [2.05, 4.69) is 15.3 Å². The van der Waals surface area contributed by atoms with Crippen molar-refractivity contribution in [1.29, 1.82) is 0 Å². The van der Waals surface area contributed by atoms with Crippen molar-refractivity contribution in [1.82, 2.24) is 19.9 Å². The van der Waals surface area contributed by atoms with Crippen LogP contribution < -0.4 is 5.32 Å². The van der Waals surface area contributed by atoms with Crippen LogP contribution >= 0.6 is 0 Å². The number of amides is 1. The molecule has 0 fully saturated rings. The fourth-order valence-electron chi connectivity index (χ4n) is 3.35. The third-order valence-electron chi connectivity index (χ3n) is 4.76. The highest BCUT2D eigenvalue weighted by molar-refractivity contribution is 5.87. The third kappa shape index (κ3) is 4.48. The third-order valence-corrected chi connectivity index (χ3v) is 4.76. The van der Waals surface area contributed by atoms with Crippen LogP contribution in [0.5, 0.6) is 0 Å². The minimum Gasteiger partial charge on any atom is -0.355 e. The summed E-state index contributed by atoms with van der Waals surface area (Å²) in [6, 6.07) is 17.9. The number of nitrogens with one attached hydrogen (secondary N) is 1. The number of aryl methyl sites for hydroxylation is 1. The highest BCUT2D eigenvalue weighted by Crippen LogP contribution is 2.27. The molecule has 4 rings (SSSR count). The van der Waals surface area contributed by atoms with Crippen LogP contribution in [0, 0.1) is 5.82 Å². The van der Waals surface area contributed by atoms with Crippen molar-refractivity contribution >= 4 is 16.9 Å². The Morgan fingerprint density at radius 2 is 1.83 bits per heavy atom. The minimum atomic E-state index is -0.291. The van der Waals surface area contributed by atoms with Crippen molar-refractivity contribution in [2.24, 2.45) is 0 Å². The van der Waals surface area contributed by atoms with Gasteiger partial charge in [0.25, 0.3) is 0 Å². The van der Waals surface area contributed by atoms with Gasteiger partial charge in [0.2, 0.25) is 5.91 Å². The number of halogens is 1. The Balaban J connectivity index is 1.47. The van der Waals surface area contributed by atoms with E-state index in [-0.39, 0.29) is 18.3 Å². The zero-order valence-electron chi connectivity index (χ0n) is 15.9. The van der Waals surface area contributed by atoms with Gasteiger partial charge in [-0.05, 0) is 73.0 Å². The number of nitrogens with zero attached hydrogens (tertiary/aromatic N) is 3. The molecule has 3 heterocycles. The maximum Gasteiger partial charge on any atom is 0.240 e. The summed E-state index contributed by atoms with van der Waals surface area (Å²) in [6.07, 6.45) is 5.11. The summed E-state index contributed by atoms with van der Waals surface area (Å²) in [5, 5.41) is 3.91. The van der Waals surface area contributed by atoms with Crippen LogP contribution in [0.15, 0.2) is 73.1 Å². The number of benzene rings is 1. The molecule has 146 valence electrons. The second kappa shape index (κ2) is 8.65. The number of carbonyl (C=O) groups is 1. The summed E-state index contributed by atoms with van der Waals surface area (Å²) in [4.78, 5) is 21.3. The first-order valence-corrected chi connectivity index (χ1v) is 9.57. The van der Waals surface area contributed by atoms with Crippen LogP contribution in [0.3, 0.4) is 0 Å². The lowest BCUT2D eigenvalue weighted by Gasteiger charge is -2.11. The van der Waals surface area contributed by atoms with E-state index >= 15 is 0 Å². The van der Waals surface area contributed by atoms with E-state index in [9.17, 15) is 9.18 Å². The number of pyridine rings is 2. The molecule has 1 aromatic carbocycles. The van der Waals surface area contributed by atoms with Gasteiger partial charge in [0.05, 0.1) is 5.69 Å². The number of fused-ring (bicyclic) bond motifs is 1. The molecule has 6 heteroatoms. The molecule has 0 aliphatic heterocycles. The van der Waals surface area contributed by atoms with E-state index in [1.807, 2.05) is 41.0 Å². The molecule has 0 radical (unpaired) electrons. The first kappa shape index (κ1) is 18.8. The zero-order valence-corrected chi connectivity index (χ0v) is 15.9. The van der Waals surface area contributed by atoms with E-state index in [0.29, 0.717) is 6.54 Å². The van der Waals surface area contributed by atoms with E-state index in [0.717, 1.165) is 40.8 Å². The first-order valence-electron chi connectivity index (χ1n) is 9.57. The van der Waals surface area contributed by atoms with Gasteiger partial charge in [-0.15, -0.1) is 0 Å². The van der Waals surface area contributed by atoms with E-state index in [1.54, 1.807) is 24.5 Å². The molecular weight excluding hydrogens is 367 g/mol. The topological polar surface area (TPSA) is 59.8 Å². The number of carbonyl (C=O) groups excluding carboxylic acids is 1. The molecule has 0 bridgehead atoms. The fraction of sp³-hybridized carbons (Fsp3) is 0.174. The summed E-state index contributed by atoms with van der Waals surface area (Å²) in [5.74, 6) is -0.377. The van der Waals surface area contributed by atoms with E-state index in [4.69, 9.17) is 0 Å². The van der Waals surface area contributed by atoms with Crippen molar-refractivity contribution in [3.63, 3.8) is 0 Å². The maximum atomic E-state index is 13.3. The molecule has 1 amide bonds. The molecule has 0 atom stereocenters. The molecule has 0 saturated carbocycles. The van der Waals surface area contributed by atoms with Crippen LogP contribution in [0.2, 0.25) is 0 Å². The SMILES string of the molecule is O=C(Cn1c(-c2ccc(F)cc2)cc2cccnc21)NCCCc1ccccn1. The van der Waals surface area contributed by atoms with Gasteiger partial charge in [0, 0.05) is 30.0 Å². The summed E-state index contributed by atoms with van der Waals surface area (Å²) < 4.78 is 15.2. The first-order chi connectivity index (χ1) is 14.2. The highest BCUT2D eigenvalue weighted by atomic mass is 19.1. The lowest BCUT2D eigenvalue weighted by molar-refractivity contribution is -0.121. The van der Waals surface area contributed by atoms with Gasteiger partial charge in [-0.2, -0.15) is 0 Å². The second-order valence-corrected chi connectivity index (χ2v) is 6.81. The molecular formula is C23H21FN4O. The predicted molar refractivity (Wildman–Crippen MR) is 111 cm³/mol. The van der Waals surface area contributed by atoms with Crippen LogP contribution in [0.25, 0.3) is 22.3 Å². The average Bonchev–Trinajstić information content (AvgIpc) is 3.11. The Labute approximate surface area is 168 Å². The van der Waals surface area contributed by atoms with Crippen LogP contribution in [0.4, 0.5) is 4.39 Å². The molecule has 5 nitrogen and oxygen atoms in total. The number of aromatic nitrogens is 3. The molecule has 0 saturated heterocycles. The summed E-state index contributed by atoms with van der Waals surface area (Å²) in [5.41, 5.74) is 3.42. The average molecular weight is 388 g/mol. The maximum absolute atomic E-state index is 13.3. The largest absolute Gasteiger partial charge is 0.355 e. The molecule has 0 aliphatic rings. The zero-order chi connectivity index (χ0) is 20.1. The predicted octanol–water partition coefficient (Wildman–Crippen LogP) is 3.99. The second-order valence-electron chi connectivity index (χ2n) is 6.81. The number of hydrogen-bond donors (Lipinski definition) is 1. The number of rotatable bonds is 7. The fourth-order valence-corrected chi connectivity index (χ4v) is 3.35. The van der Waals surface area contributed by atoms with Crippen molar-refractivity contribution in [2.45, 2.75) is 19.4 Å². The van der Waals surface area contributed by atoms with Gasteiger partial charge in [-0.25, -0.2) is 9.37 Å². The van der Waals surface area contributed by atoms with Crippen molar-refractivity contribution < 1.29 is 9.18 Å². The Hall–Kier alpha value is -3.54. The summed E-state index contributed by atoms with van der Waals surface area (Å²) >= 11 is 0. The normalized spacial score (nSPS) is 10.9. The smallest absolute Gasteiger partial charge is 0.240 e. The number of hydrogen-bond acceptors (Lipinski definition) is 3. The van der Waals surface area contributed by atoms with E-state index in [1.165, 1.54) is 12.1 Å². The Bertz CT molecular complexity index is 1110. The Morgan fingerprint density at radius 3 is 2.62 bits per heavy atom. The highest BCUT2D eigenvalue weighted by Gasteiger charge is 2.14. The molecule has 29 heavy (non-hydrogen) atoms. The van der Waals surface area contributed by atoms with E-state index < -0.39 is 0 Å². The molecule has 3 aromatic heterocycles. The quantitative estimate of drug-likeness (QED) is 0.487. The lowest BCUT2D eigenvalue weighted by atomic mass is 10.1. The molecule has 0 spiro atoms. The van der Waals surface area contributed by atoms with Crippen LogP contribution in [-0.2, 0) is 17.8 Å². The van der Waals surface area contributed by atoms with Gasteiger partial charge >= 0.3 is 0 Å². The van der Waals surface area contributed by atoms with Gasteiger partial charge < -0.3 is 9.88 Å². The lowest BCUT2D eigenvalue weighted by Crippen LogP contribution is -2.29. The van der Waals surface area contributed by atoms with Crippen LogP contribution in [-0.4, -0.2) is 27.0 Å². The van der Waals surface area contributed by atoms with Gasteiger partial charge in [-0.1, -0.05) is 6.07 Å². The van der Waals surface area contributed by atoms with Gasteiger partial charge in [-0.3, -0.25) is 9.78 Å². The summed E-state index contributed by atoms with van der Waals surface area (Å²) in [7, 11) is 0. The molecule has 0 unspecified atom stereocenters. The van der Waals surface area contributed by atoms with Crippen molar-refractivity contribution in [3.8, 4) is 11.3 Å². The Kier molecular flexibility index (Phi) is 5.61. The van der Waals surface area contributed by atoms with Gasteiger partial charge in [0.15, 0.2) is 0 Å². The van der Waals surface area contributed by atoms with Crippen molar-refractivity contribution in [3.05, 3.63) is 84.6 Å². The molecule has 4 aromatic rings. The molecule has 0 aliphatic carbocycles. The summed E-state index contributed by atoms with van der Waals surface area (Å²) in [6.45, 7) is 0.727. The van der Waals surface area contributed by atoms with Crippen molar-refractivity contribution in [2.75, 3.05) is 6.54 Å². The Morgan fingerprint density at radius 1 is 1.00 bits per heavy atom. The standard InChI is InChI=1S/C23H21FN4O/c24-19-10-8-17(9-11-19)21-15-18-5-3-14-27-23(18)28(21)16-22(29)26-13-4-7-20-6-1-2-12-25-20/h1-3,5-6,8-12,14-15H,4,7,13,16H2,(H,26,29). The molecule has 1 N–H and O–H groups in total.